The summed E-state index contributed by atoms with van der Waals surface area (Å²) in [5.74, 6) is -16.9. The Kier molecular flexibility index (Phi) is 3.41. The topological polar surface area (TPSA) is 13.6 Å². The van der Waals surface area contributed by atoms with Gasteiger partial charge in [-0.2, -0.15) is 17.6 Å². The van der Waals surface area contributed by atoms with Crippen molar-refractivity contribution in [3.63, 3.8) is 0 Å². The molecule has 0 heterocycles. The predicted octanol–water partition coefficient (Wildman–Crippen LogP) is 6.57. The molecule has 0 aromatic heterocycles. The Morgan fingerprint density at radius 2 is 1.61 bits per heavy atom. The molecule has 2 aromatic rings. The zero-order valence-corrected chi connectivity index (χ0v) is 13.5. The van der Waals surface area contributed by atoms with Gasteiger partial charge in [-0.05, 0) is 24.3 Å². The molecular weight excluding hydrogens is 398 g/mol. The van der Waals surface area contributed by atoms with E-state index in [1.807, 2.05) is 0 Å². The molecule has 0 radical (unpaired) electrons. The molecule has 2 nitrogen and oxygen atoms in total. The Hall–Kier alpha value is -2.83. The monoisotopic (exact) mass is 405 g/mol. The molecule has 0 bridgehead atoms. The van der Waals surface area contributed by atoms with Gasteiger partial charge in [0.25, 0.3) is 5.92 Å². The summed E-state index contributed by atoms with van der Waals surface area (Å²) in [4.78, 5) is 2.94. The number of hydrogen-bond donors (Lipinski definition) is 0. The zero-order valence-electron chi connectivity index (χ0n) is 13.5. The number of alkyl halides is 7. The number of halogens is 8. The van der Waals surface area contributed by atoms with Crippen molar-refractivity contribution in [3.05, 3.63) is 64.3 Å². The predicted molar refractivity (Wildman–Crippen MR) is 79.3 cm³/mol. The first-order valence-corrected chi connectivity index (χ1v) is 7.72. The Balaban J connectivity index is 1.93. The second-order valence-corrected chi connectivity index (χ2v) is 6.55. The Morgan fingerprint density at radius 3 is 2.25 bits per heavy atom. The van der Waals surface area contributed by atoms with Crippen LogP contribution in [0.2, 0.25) is 0 Å². The number of benzene rings is 2. The van der Waals surface area contributed by atoms with Gasteiger partial charge >= 0.3 is 11.8 Å². The van der Waals surface area contributed by atoms with E-state index < -0.39 is 63.9 Å². The molecule has 0 spiro atoms. The van der Waals surface area contributed by atoms with Crippen molar-refractivity contribution in [3.8, 4) is 11.5 Å². The maximum atomic E-state index is 14.9. The van der Waals surface area contributed by atoms with Crippen LogP contribution in [-0.2, 0) is 17.5 Å². The largest absolute Gasteiger partial charge is 0.458 e. The number of ether oxygens (including phenoxy) is 1. The van der Waals surface area contributed by atoms with E-state index >= 15 is 0 Å². The van der Waals surface area contributed by atoms with Gasteiger partial charge in [0, 0.05) is 17.2 Å². The molecule has 0 saturated carbocycles. The van der Waals surface area contributed by atoms with Gasteiger partial charge in [-0.3, -0.25) is 0 Å². The lowest BCUT2D eigenvalue weighted by molar-refractivity contribution is -0.274. The quantitative estimate of drug-likeness (QED) is 0.407. The van der Waals surface area contributed by atoms with Gasteiger partial charge in [-0.15, -0.1) is 0 Å². The highest BCUT2D eigenvalue weighted by molar-refractivity contribution is 5.62. The summed E-state index contributed by atoms with van der Waals surface area (Å²) >= 11 is 0. The van der Waals surface area contributed by atoms with Crippen molar-refractivity contribution in [2.45, 2.75) is 29.9 Å². The highest BCUT2D eigenvalue weighted by Crippen LogP contribution is 2.71. The summed E-state index contributed by atoms with van der Waals surface area (Å²) in [6.45, 7) is 6.84. The Bertz CT molecular complexity index is 1060. The van der Waals surface area contributed by atoms with Gasteiger partial charge in [0.1, 0.15) is 17.3 Å². The molecule has 2 aromatic carbocycles. The molecule has 0 aliphatic heterocycles. The lowest BCUT2D eigenvalue weighted by Crippen LogP contribution is -2.46. The summed E-state index contributed by atoms with van der Waals surface area (Å²) in [7, 11) is 0. The van der Waals surface area contributed by atoms with Gasteiger partial charge < -0.3 is 4.74 Å². The fourth-order valence-electron chi connectivity index (χ4n) is 3.67. The van der Waals surface area contributed by atoms with Crippen molar-refractivity contribution in [1.29, 1.82) is 0 Å². The summed E-state index contributed by atoms with van der Waals surface area (Å²) < 4.78 is 118. The number of rotatable bonds is 2. The van der Waals surface area contributed by atoms with E-state index in [1.165, 1.54) is 0 Å². The van der Waals surface area contributed by atoms with Crippen LogP contribution in [0.15, 0.2) is 30.3 Å². The molecule has 4 rings (SSSR count). The van der Waals surface area contributed by atoms with Crippen LogP contribution in [0.25, 0.3) is 4.85 Å². The van der Waals surface area contributed by atoms with Crippen LogP contribution in [0.4, 0.5) is 40.8 Å². The SMILES string of the molecule is [C-]#[N+]c1cc(F)cc(Oc2ccc3c4c2C(F)(F)CC4(F)C(F)(F)C3(F)F)c1. The van der Waals surface area contributed by atoms with Crippen LogP contribution in [0.5, 0.6) is 11.5 Å². The molecule has 1 atom stereocenters. The lowest BCUT2D eigenvalue weighted by Gasteiger charge is -2.28. The normalized spacial score (nSPS) is 25.2. The van der Waals surface area contributed by atoms with Crippen molar-refractivity contribution < 1.29 is 39.9 Å². The van der Waals surface area contributed by atoms with Crippen LogP contribution in [0.3, 0.4) is 0 Å². The van der Waals surface area contributed by atoms with E-state index in [1.54, 1.807) is 0 Å². The minimum Gasteiger partial charge on any atom is -0.458 e. The van der Waals surface area contributed by atoms with Crippen LogP contribution in [0, 0.1) is 12.4 Å². The van der Waals surface area contributed by atoms with Gasteiger partial charge in [0.2, 0.25) is 5.67 Å². The second kappa shape index (κ2) is 5.16. The Morgan fingerprint density at radius 1 is 0.929 bits per heavy atom. The third-order valence-corrected chi connectivity index (χ3v) is 4.84. The Labute approximate surface area is 152 Å². The average Bonchev–Trinajstić information content (AvgIpc) is 2.87. The van der Waals surface area contributed by atoms with Gasteiger partial charge in [-0.1, -0.05) is 0 Å². The molecule has 0 amide bonds. The molecule has 0 saturated heterocycles. The molecule has 2 aliphatic rings. The summed E-state index contributed by atoms with van der Waals surface area (Å²) in [5, 5.41) is 0. The maximum absolute atomic E-state index is 14.9. The van der Waals surface area contributed by atoms with Gasteiger partial charge in [0.05, 0.1) is 18.6 Å². The lowest BCUT2D eigenvalue weighted by atomic mass is 9.96. The van der Waals surface area contributed by atoms with Crippen molar-refractivity contribution in [2.75, 3.05) is 0 Å². The molecule has 10 heteroatoms. The molecule has 28 heavy (non-hydrogen) atoms. The van der Waals surface area contributed by atoms with E-state index in [0.29, 0.717) is 18.2 Å². The third-order valence-electron chi connectivity index (χ3n) is 4.84. The highest BCUT2D eigenvalue weighted by atomic mass is 19.3. The molecule has 146 valence electrons. The van der Waals surface area contributed by atoms with E-state index in [0.717, 1.165) is 12.1 Å². The van der Waals surface area contributed by atoms with Crippen LogP contribution in [0.1, 0.15) is 23.1 Å². The van der Waals surface area contributed by atoms with E-state index in [2.05, 4.69) is 4.85 Å². The average molecular weight is 405 g/mol. The summed E-state index contributed by atoms with van der Waals surface area (Å²) in [6.07, 6.45) is -2.18. The maximum Gasteiger partial charge on any atom is 0.352 e. The van der Waals surface area contributed by atoms with E-state index in [-0.39, 0.29) is 5.69 Å². The van der Waals surface area contributed by atoms with Crippen LogP contribution in [-0.4, -0.2) is 5.92 Å². The first-order valence-electron chi connectivity index (χ1n) is 7.72. The van der Waals surface area contributed by atoms with E-state index in [9.17, 15) is 35.1 Å². The van der Waals surface area contributed by atoms with Gasteiger partial charge in [0.15, 0.2) is 5.69 Å². The third kappa shape index (κ3) is 2.07. The fourth-order valence-corrected chi connectivity index (χ4v) is 3.67. The molecule has 1 unspecified atom stereocenters. The smallest absolute Gasteiger partial charge is 0.352 e. The summed E-state index contributed by atoms with van der Waals surface area (Å²) in [6, 6.07) is 3.47. The zero-order chi connectivity index (χ0) is 20.7. The van der Waals surface area contributed by atoms with Crippen molar-refractivity contribution >= 4 is 5.69 Å². The molecule has 2 aliphatic carbocycles. The van der Waals surface area contributed by atoms with Gasteiger partial charge in [-0.25, -0.2) is 22.4 Å². The summed E-state index contributed by atoms with van der Waals surface area (Å²) in [5.41, 5.74) is -9.02. The minimum absolute atomic E-state index is 0.253. The van der Waals surface area contributed by atoms with Crippen molar-refractivity contribution in [2.24, 2.45) is 0 Å². The van der Waals surface area contributed by atoms with Crippen LogP contribution >= 0.6 is 0 Å². The number of nitrogens with zero attached hydrogens (tertiary/aromatic N) is 1. The minimum atomic E-state index is -5.38. The van der Waals surface area contributed by atoms with E-state index in [4.69, 9.17) is 11.3 Å². The highest BCUT2D eigenvalue weighted by Gasteiger charge is 2.82. The molecular formula is C18H7F8NO. The second-order valence-electron chi connectivity index (χ2n) is 6.55. The first-order chi connectivity index (χ1) is 12.8. The van der Waals surface area contributed by atoms with Crippen LogP contribution < -0.4 is 4.74 Å². The molecule has 0 N–H and O–H groups in total. The number of hydrogen-bond acceptors (Lipinski definition) is 1. The standard InChI is InChI=1S/C18H7F8NO/c1-27-9-4-8(19)5-10(6-9)28-12-3-2-11-13-14(12)16(21,22)7-15(13,20)18(25,26)17(11,23)24/h2-6H,7H2. The first kappa shape index (κ1) is 18.5. The van der Waals surface area contributed by atoms with Crippen molar-refractivity contribution in [1.82, 2.24) is 0 Å². The fraction of sp³-hybridized carbons (Fsp3) is 0.278. The molecule has 0 fully saturated rings.